The first-order valence-electron chi connectivity index (χ1n) is 7.95. The van der Waals surface area contributed by atoms with E-state index in [0.717, 1.165) is 4.90 Å². The molecule has 0 aliphatic carbocycles. The topological polar surface area (TPSA) is 87.7 Å². The third-order valence-corrected chi connectivity index (χ3v) is 3.99. The summed E-state index contributed by atoms with van der Waals surface area (Å²) >= 11 is 0. The molecule has 3 rings (SSSR count). The predicted molar refractivity (Wildman–Crippen MR) is 96.7 cm³/mol. The molecule has 27 heavy (non-hydrogen) atoms. The average molecular weight is 369 g/mol. The molecule has 1 aliphatic rings. The summed E-state index contributed by atoms with van der Waals surface area (Å²) in [6.45, 7) is 3.73. The Bertz CT molecular complexity index is 910. The Morgan fingerprint density at radius 3 is 2.33 bits per heavy atom. The first-order valence-corrected chi connectivity index (χ1v) is 7.95. The van der Waals surface area contributed by atoms with Gasteiger partial charge in [-0.15, -0.1) is 0 Å². The number of benzene rings is 2. The minimum atomic E-state index is -1.32. The van der Waals surface area contributed by atoms with Gasteiger partial charge in [0.25, 0.3) is 5.91 Å². The zero-order chi connectivity index (χ0) is 19.6. The third-order valence-electron chi connectivity index (χ3n) is 3.99. The average Bonchev–Trinajstić information content (AvgIpc) is 2.64. The Morgan fingerprint density at radius 2 is 1.74 bits per heavy atom. The van der Waals surface area contributed by atoms with Crippen molar-refractivity contribution in [2.45, 2.75) is 0 Å². The first-order chi connectivity index (χ1) is 12.9. The van der Waals surface area contributed by atoms with Crippen LogP contribution < -0.4 is 20.3 Å². The van der Waals surface area contributed by atoms with E-state index in [-0.39, 0.29) is 11.4 Å². The van der Waals surface area contributed by atoms with Crippen LogP contribution in [0.3, 0.4) is 0 Å². The number of barbiturate groups is 1. The lowest BCUT2D eigenvalue weighted by molar-refractivity contribution is -0.132. The number of carbonyl (C=O) groups is 3. The van der Waals surface area contributed by atoms with E-state index in [2.05, 4.69) is 17.2 Å². The fraction of sp³-hybridized carbons (Fsp3) is 0.105. The summed E-state index contributed by atoms with van der Waals surface area (Å²) < 4.78 is 18.1. The van der Waals surface area contributed by atoms with Crippen molar-refractivity contribution in [3.05, 3.63) is 66.6 Å². The molecule has 0 unspecified atom stereocenters. The number of anilines is 2. The van der Waals surface area contributed by atoms with Gasteiger partial charge in [-0.3, -0.25) is 14.9 Å². The van der Waals surface area contributed by atoms with Gasteiger partial charge in [0.05, 0.1) is 12.8 Å². The Hall–Kier alpha value is -3.68. The Balaban J connectivity index is 1.84. The maximum Gasteiger partial charge on any atom is 0.335 e. The van der Waals surface area contributed by atoms with Crippen molar-refractivity contribution in [1.82, 2.24) is 5.32 Å². The molecule has 1 fully saturated rings. The molecule has 2 aromatic carbocycles. The molecule has 0 saturated carbocycles. The minimum absolute atomic E-state index is 0.0649. The summed E-state index contributed by atoms with van der Waals surface area (Å²) in [5.41, 5.74) is 0.801. The normalized spacial score (nSPS) is 16.7. The summed E-state index contributed by atoms with van der Waals surface area (Å²) in [7, 11) is 1.49. The van der Waals surface area contributed by atoms with Crippen molar-refractivity contribution in [1.29, 1.82) is 0 Å². The van der Waals surface area contributed by atoms with Gasteiger partial charge in [0.15, 0.2) is 5.92 Å². The molecule has 0 bridgehead atoms. The van der Waals surface area contributed by atoms with E-state index in [0.29, 0.717) is 11.4 Å². The second-order valence-electron chi connectivity index (χ2n) is 5.76. The zero-order valence-electron chi connectivity index (χ0n) is 14.4. The highest BCUT2D eigenvalue weighted by Crippen LogP contribution is 2.26. The fourth-order valence-electron chi connectivity index (χ4n) is 2.65. The van der Waals surface area contributed by atoms with Crippen LogP contribution in [-0.4, -0.2) is 25.0 Å². The number of urea groups is 1. The van der Waals surface area contributed by atoms with Crippen molar-refractivity contribution in [2.75, 3.05) is 17.3 Å². The molecule has 0 spiro atoms. The van der Waals surface area contributed by atoms with E-state index >= 15 is 0 Å². The van der Waals surface area contributed by atoms with Crippen molar-refractivity contribution in [3.63, 3.8) is 0 Å². The molecule has 138 valence electrons. The van der Waals surface area contributed by atoms with Crippen LogP contribution in [0.1, 0.15) is 0 Å². The largest absolute Gasteiger partial charge is 0.497 e. The molecule has 1 heterocycles. The predicted octanol–water partition coefficient (Wildman–Crippen LogP) is 2.66. The number of nitrogens with zero attached hydrogens (tertiary/aromatic N) is 1. The van der Waals surface area contributed by atoms with Crippen LogP contribution in [0, 0.1) is 11.7 Å². The number of hydrogen-bond acceptors (Lipinski definition) is 5. The lowest BCUT2D eigenvalue weighted by Crippen LogP contribution is -2.59. The van der Waals surface area contributed by atoms with Crippen LogP contribution in [0.25, 0.3) is 0 Å². The lowest BCUT2D eigenvalue weighted by atomic mass is 10.0. The van der Waals surface area contributed by atoms with Gasteiger partial charge in [0.2, 0.25) is 5.91 Å². The number of amides is 4. The van der Waals surface area contributed by atoms with Crippen LogP contribution >= 0.6 is 0 Å². The van der Waals surface area contributed by atoms with Crippen LogP contribution in [0.2, 0.25) is 0 Å². The molecule has 1 atom stereocenters. The van der Waals surface area contributed by atoms with E-state index in [1.54, 1.807) is 12.1 Å². The third kappa shape index (κ3) is 3.64. The van der Waals surface area contributed by atoms with Crippen LogP contribution in [0.4, 0.5) is 20.6 Å². The number of nitrogens with one attached hydrogen (secondary N) is 2. The summed E-state index contributed by atoms with van der Waals surface area (Å²) in [6.07, 6.45) is 0. The molecule has 8 heteroatoms. The van der Waals surface area contributed by atoms with Crippen molar-refractivity contribution in [3.8, 4) is 5.75 Å². The summed E-state index contributed by atoms with van der Waals surface area (Å²) in [5, 5.41) is 4.95. The van der Waals surface area contributed by atoms with Crippen LogP contribution in [0.5, 0.6) is 5.75 Å². The Morgan fingerprint density at radius 1 is 1.11 bits per heavy atom. The summed E-state index contributed by atoms with van der Waals surface area (Å²) in [4.78, 5) is 38.1. The highest BCUT2D eigenvalue weighted by atomic mass is 19.1. The molecule has 4 amide bonds. The monoisotopic (exact) mass is 369 g/mol. The van der Waals surface area contributed by atoms with Gasteiger partial charge in [-0.1, -0.05) is 6.58 Å². The summed E-state index contributed by atoms with van der Waals surface area (Å²) in [5.74, 6) is -2.72. The van der Waals surface area contributed by atoms with Gasteiger partial charge in [-0.25, -0.2) is 14.1 Å². The number of hydrogen-bond donors (Lipinski definition) is 2. The SMILES string of the molecule is C=C(Nc1ccc(F)cc1)[C@@H]1C(=O)NC(=O)N(c2ccc(OC)cc2)C1=O. The molecule has 1 aliphatic heterocycles. The van der Waals surface area contributed by atoms with E-state index in [1.165, 1.54) is 43.5 Å². The van der Waals surface area contributed by atoms with E-state index < -0.39 is 29.6 Å². The van der Waals surface area contributed by atoms with Crippen molar-refractivity contribution < 1.29 is 23.5 Å². The number of methoxy groups -OCH3 is 1. The van der Waals surface area contributed by atoms with Crippen molar-refractivity contribution >= 4 is 29.2 Å². The minimum Gasteiger partial charge on any atom is -0.497 e. The van der Waals surface area contributed by atoms with E-state index in [9.17, 15) is 18.8 Å². The Labute approximate surface area is 154 Å². The molecular weight excluding hydrogens is 353 g/mol. The summed E-state index contributed by atoms with van der Waals surface area (Å²) in [6, 6.07) is 10.7. The van der Waals surface area contributed by atoms with Gasteiger partial charge in [-0.2, -0.15) is 0 Å². The van der Waals surface area contributed by atoms with Gasteiger partial charge < -0.3 is 10.1 Å². The van der Waals surface area contributed by atoms with E-state index in [1.807, 2.05) is 0 Å². The standard InChI is InChI=1S/C19H16FN3O4/c1-11(21-13-5-3-12(20)4-6-13)16-17(24)22-19(26)23(18(16)25)14-7-9-15(27-2)10-8-14/h3-10,16,21H,1H2,2H3,(H,22,24,26)/t16-/m1/s1. The Kier molecular flexibility index (Phi) is 4.89. The molecule has 7 nitrogen and oxygen atoms in total. The zero-order valence-corrected chi connectivity index (χ0v) is 14.4. The van der Waals surface area contributed by atoms with Crippen molar-refractivity contribution in [2.24, 2.45) is 5.92 Å². The second-order valence-corrected chi connectivity index (χ2v) is 5.76. The number of halogens is 1. The van der Waals surface area contributed by atoms with Gasteiger partial charge in [0, 0.05) is 11.4 Å². The molecule has 2 aromatic rings. The maximum atomic E-state index is 13.0. The highest BCUT2D eigenvalue weighted by Gasteiger charge is 2.43. The van der Waals surface area contributed by atoms with Gasteiger partial charge in [-0.05, 0) is 48.5 Å². The number of carbonyl (C=O) groups excluding carboxylic acids is 3. The molecular formula is C19H16FN3O4. The van der Waals surface area contributed by atoms with Gasteiger partial charge in [0.1, 0.15) is 11.6 Å². The van der Waals surface area contributed by atoms with E-state index in [4.69, 9.17) is 4.74 Å². The smallest absolute Gasteiger partial charge is 0.335 e. The maximum absolute atomic E-state index is 13.0. The van der Waals surface area contributed by atoms with Gasteiger partial charge >= 0.3 is 6.03 Å². The fourth-order valence-corrected chi connectivity index (χ4v) is 2.65. The molecule has 0 radical (unpaired) electrons. The molecule has 2 N–H and O–H groups in total. The number of ether oxygens (including phenoxy) is 1. The first kappa shape index (κ1) is 18.1. The van der Waals surface area contributed by atoms with Crippen LogP contribution in [-0.2, 0) is 9.59 Å². The quantitative estimate of drug-likeness (QED) is 0.791. The number of imide groups is 2. The molecule has 1 saturated heterocycles. The second kappa shape index (κ2) is 7.28. The number of rotatable bonds is 5. The van der Waals surface area contributed by atoms with Crippen LogP contribution in [0.15, 0.2) is 60.8 Å². The lowest BCUT2D eigenvalue weighted by Gasteiger charge is -2.31. The molecule has 0 aromatic heterocycles. The highest BCUT2D eigenvalue weighted by molar-refractivity contribution is 6.28.